The van der Waals surface area contributed by atoms with Crippen LogP contribution in [0.5, 0.6) is 0 Å². The number of hydrogen-bond acceptors (Lipinski definition) is 0. The third-order valence-electron chi connectivity index (χ3n) is 3.76. The van der Waals surface area contributed by atoms with Crippen LogP contribution in [0.15, 0.2) is 0 Å². The van der Waals surface area contributed by atoms with Gasteiger partial charge in [-0.2, -0.15) is 11.8 Å². The molecule has 0 radical (unpaired) electrons. The standard InChI is InChI=1S/C10H15.Fe/c1-7-2-9-4-8(1)5-10(3-7)6-9;/h1,7-10H,2-6H2;/q-1;. The maximum absolute atomic E-state index is 2.66. The van der Waals surface area contributed by atoms with Crippen molar-refractivity contribution >= 4 is 0 Å². The molecule has 11 heavy (non-hydrogen) atoms. The molecule has 0 unspecified atom stereocenters. The van der Waals surface area contributed by atoms with Gasteiger partial charge >= 0.3 is 0 Å². The number of hydrogen-bond donors (Lipinski definition) is 0. The molecule has 0 aromatic carbocycles. The summed E-state index contributed by atoms with van der Waals surface area (Å²) >= 11 is 0. The largest absolute Gasteiger partial charge is 0.322 e. The first-order valence-electron chi connectivity index (χ1n) is 4.75. The molecule has 0 aromatic heterocycles. The normalized spacial score (nSPS) is 52.4. The average molecular weight is 191 g/mol. The van der Waals surface area contributed by atoms with Gasteiger partial charge in [-0.25, -0.2) is 0 Å². The van der Waals surface area contributed by atoms with Gasteiger partial charge in [-0.3, -0.25) is 0 Å². The fourth-order valence-corrected chi connectivity index (χ4v) is 3.65. The third kappa shape index (κ3) is 1.27. The molecule has 0 N–H and O–H groups in total. The van der Waals surface area contributed by atoms with E-state index >= 15 is 0 Å². The Morgan fingerprint density at radius 1 is 0.727 bits per heavy atom. The molecule has 0 saturated heterocycles. The Morgan fingerprint density at radius 2 is 1.18 bits per heavy atom. The molecule has 0 atom stereocenters. The van der Waals surface area contributed by atoms with Crippen LogP contribution in [-0.2, 0) is 17.1 Å². The second kappa shape index (κ2) is 2.78. The molecule has 64 valence electrons. The first-order chi connectivity index (χ1) is 4.90. The van der Waals surface area contributed by atoms with Crippen LogP contribution < -0.4 is 0 Å². The van der Waals surface area contributed by atoms with Gasteiger partial charge in [0, 0.05) is 17.1 Å². The molecule has 4 aliphatic carbocycles. The molecule has 4 saturated carbocycles. The Labute approximate surface area is 79.6 Å². The van der Waals surface area contributed by atoms with E-state index in [2.05, 4.69) is 6.42 Å². The van der Waals surface area contributed by atoms with Gasteiger partial charge in [0.1, 0.15) is 0 Å². The number of rotatable bonds is 0. The summed E-state index contributed by atoms with van der Waals surface area (Å²) in [5.41, 5.74) is 0. The van der Waals surface area contributed by atoms with Crippen LogP contribution in [0.4, 0.5) is 0 Å². The summed E-state index contributed by atoms with van der Waals surface area (Å²) < 4.78 is 0. The predicted octanol–water partition coefficient (Wildman–Crippen LogP) is 2.64. The van der Waals surface area contributed by atoms with Crippen LogP contribution in [0.2, 0.25) is 0 Å². The molecule has 0 spiro atoms. The SMILES string of the molecule is [CH-]1C2CC3CC1CC(C2)C3.[Fe]. The summed E-state index contributed by atoms with van der Waals surface area (Å²) in [6.07, 6.45) is 10.4. The minimum atomic E-state index is 0. The average Bonchev–Trinajstić information content (AvgIpc) is 1.82. The van der Waals surface area contributed by atoms with Crippen molar-refractivity contribution in [1.29, 1.82) is 0 Å². The Balaban J connectivity index is 0.000000480. The van der Waals surface area contributed by atoms with Crippen LogP contribution in [0.1, 0.15) is 32.1 Å². The molecule has 0 aromatic rings. The van der Waals surface area contributed by atoms with Crippen molar-refractivity contribution in [1.82, 2.24) is 0 Å². The summed E-state index contributed by atoms with van der Waals surface area (Å²) in [5.74, 6) is 4.40. The van der Waals surface area contributed by atoms with E-state index in [4.69, 9.17) is 0 Å². The van der Waals surface area contributed by atoms with E-state index in [9.17, 15) is 0 Å². The van der Waals surface area contributed by atoms with Crippen molar-refractivity contribution in [3.8, 4) is 0 Å². The molecule has 0 nitrogen and oxygen atoms in total. The van der Waals surface area contributed by atoms with E-state index < -0.39 is 0 Å². The second-order valence-corrected chi connectivity index (χ2v) is 4.62. The summed E-state index contributed by atoms with van der Waals surface area (Å²) in [4.78, 5) is 0. The molecule has 0 heterocycles. The van der Waals surface area contributed by atoms with E-state index in [1.165, 1.54) is 0 Å². The quantitative estimate of drug-likeness (QED) is 0.407. The predicted molar refractivity (Wildman–Crippen MR) is 41.3 cm³/mol. The van der Waals surface area contributed by atoms with Crippen LogP contribution in [0.25, 0.3) is 0 Å². The molecular weight excluding hydrogens is 176 g/mol. The first-order valence-corrected chi connectivity index (χ1v) is 4.75. The Morgan fingerprint density at radius 3 is 1.55 bits per heavy atom. The smallest absolute Gasteiger partial charge is 0 e. The van der Waals surface area contributed by atoms with Crippen molar-refractivity contribution in [2.45, 2.75) is 32.1 Å². The van der Waals surface area contributed by atoms with Gasteiger partial charge in [-0.15, -0.1) is 0 Å². The maximum atomic E-state index is 2.66. The van der Waals surface area contributed by atoms with Gasteiger partial charge in [-0.05, 0) is 18.3 Å². The fraction of sp³-hybridized carbons (Fsp3) is 0.900. The van der Waals surface area contributed by atoms with Crippen LogP contribution in [0.3, 0.4) is 0 Å². The van der Waals surface area contributed by atoms with Gasteiger partial charge in [-0.1, -0.05) is 25.7 Å². The summed E-state index contributed by atoms with van der Waals surface area (Å²) in [5, 5.41) is 0. The van der Waals surface area contributed by atoms with Crippen molar-refractivity contribution in [3.63, 3.8) is 0 Å². The summed E-state index contributed by atoms with van der Waals surface area (Å²) in [6.45, 7) is 0. The zero-order valence-electron chi connectivity index (χ0n) is 6.78. The molecular formula is C10H15Fe-. The van der Waals surface area contributed by atoms with E-state index in [0.717, 1.165) is 23.7 Å². The molecule has 1 heteroatoms. The van der Waals surface area contributed by atoms with Gasteiger partial charge in [0.25, 0.3) is 0 Å². The first kappa shape index (κ1) is 8.13. The molecule has 4 rings (SSSR count). The van der Waals surface area contributed by atoms with Crippen LogP contribution in [-0.4, -0.2) is 0 Å². The van der Waals surface area contributed by atoms with Crippen LogP contribution in [0, 0.1) is 30.1 Å². The minimum absolute atomic E-state index is 0. The van der Waals surface area contributed by atoms with Crippen molar-refractivity contribution in [3.05, 3.63) is 6.42 Å². The van der Waals surface area contributed by atoms with Crippen molar-refractivity contribution in [2.75, 3.05) is 0 Å². The van der Waals surface area contributed by atoms with Crippen LogP contribution >= 0.6 is 0 Å². The van der Waals surface area contributed by atoms with E-state index in [1.54, 1.807) is 32.1 Å². The molecule has 0 aliphatic heterocycles. The maximum Gasteiger partial charge on any atom is 0 e. The zero-order chi connectivity index (χ0) is 6.55. The topological polar surface area (TPSA) is 0 Å². The van der Waals surface area contributed by atoms with Gasteiger partial charge in [0.2, 0.25) is 0 Å². The van der Waals surface area contributed by atoms with E-state index in [0.29, 0.717) is 0 Å². The Kier molecular flexibility index (Phi) is 2.06. The molecule has 4 bridgehead atoms. The Bertz CT molecular complexity index is 96.4. The molecule has 4 fully saturated rings. The molecule has 4 aliphatic rings. The van der Waals surface area contributed by atoms with Crippen molar-refractivity contribution in [2.24, 2.45) is 23.7 Å². The Hall–Kier alpha value is 0.519. The summed E-state index contributed by atoms with van der Waals surface area (Å²) in [7, 11) is 0. The third-order valence-corrected chi connectivity index (χ3v) is 3.76. The van der Waals surface area contributed by atoms with Gasteiger partial charge < -0.3 is 6.42 Å². The van der Waals surface area contributed by atoms with Gasteiger partial charge in [0.05, 0.1) is 0 Å². The zero-order valence-corrected chi connectivity index (χ0v) is 7.88. The molecule has 0 amide bonds. The van der Waals surface area contributed by atoms with Crippen molar-refractivity contribution < 1.29 is 17.1 Å². The second-order valence-electron chi connectivity index (χ2n) is 4.62. The van der Waals surface area contributed by atoms with E-state index in [-0.39, 0.29) is 17.1 Å². The van der Waals surface area contributed by atoms with E-state index in [1.807, 2.05) is 0 Å². The van der Waals surface area contributed by atoms with Gasteiger partial charge in [0.15, 0.2) is 0 Å². The fourth-order valence-electron chi connectivity index (χ4n) is 3.65. The minimum Gasteiger partial charge on any atom is -0.322 e. The summed E-state index contributed by atoms with van der Waals surface area (Å²) in [6, 6.07) is 0. The monoisotopic (exact) mass is 191 g/mol.